The first-order valence-corrected chi connectivity index (χ1v) is 9.07. The van der Waals surface area contributed by atoms with Gasteiger partial charge in [-0.25, -0.2) is 8.42 Å². The third kappa shape index (κ3) is 4.28. The van der Waals surface area contributed by atoms with Crippen molar-refractivity contribution in [2.75, 3.05) is 20.1 Å². The van der Waals surface area contributed by atoms with Crippen molar-refractivity contribution in [2.24, 2.45) is 0 Å². The third-order valence-electron chi connectivity index (χ3n) is 3.56. The van der Waals surface area contributed by atoms with Crippen molar-refractivity contribution in [3.63, 3.8) is 0 Å². The lowest BCUT2D eigenvalue weighted by molar-refractivity contribution is 0.409. The molecule has 1 aromatic carbocycles. The Morgan fingerprint density at radius 2 is 1.62 bits per heavy atom. The maximum atomic E-state index is 12.9. The third-order valence-corrected chi connectivity index (χ3v) is 5.61. The lowest BCUT2D eigenvalue weighted by atomic mass is 10.1. The molecule has 0 radical (unpaired) electrons. The normalized spacial score (nSPS) is 12.1. The minimum absolute atomic E-state index is 0.445. The van der Waals surface area contributed by atoms with E-state index in [9.17, 15) is 8.42 Å². The smallest absolute Gasteiger partial charge is 0.243 e. The van der Waals surface area contributed by atoms with Crippen LogP contribution in [0, 0.1) is 13.8 Å². The highest BCUT2D eigenvalue weighted by atomic mass is 32.2. The van der Waals surface area contributed by atoms with Gasteiger partial charge in [0.15, 0.2) is 0 Å². The number of hydrogen-bond acceptors (Lipinski definition) is 3. The van der Waals surface area contributed by atoms with Crippen molar-refractivity contribution >= 4 is 10.0 Å². The summed E-state index contributed by atoms with van der Waals surface area (Å²) in [5.74, 6) is 0. The highest BCUT2D eigenvalue weighted by molar-refractivity contribution is 7.89. The van der Waals surface area contributed by atoms with Crippen molar-refractivity contribution in [3.05, 3.63) is 28.8 Å². The number of hydrogen-bond donors (Lipinski definition) is 1. The second-order valence-corrected chi connectivity index (χ2v) is 7.38. The Morgan fingerprint density at radius 3 is 2.10 bits per heavy atom. The predicted molar refractivity (Wildman–Crippen MR) is 88.0 cm³/mol. The summed E-state index contributed by atoms with van der Waals surface area (Å²) in [5.41, 5.74) is 2.98. The van der Waals surface area contributed by atoms with Crippen LogP contribution in [0.25, 0.3) is 0 Å². The van der Waals surface area contributed by atoms with E-state index in [1.54, 1.807) is 4.31 Å². The number of aryl methyl sites for hydroxylation is 2. The van der Waals surface area contributed by atoms with Gasteiger partial charge in [0.25, 0.3) is 0 Å². The maximum Gasteiger partial charge on any atom is 0.243 e. The highest BCUT2D eigenvalue weighted by Crippen LogP contribution is 2.24. The molecule has 0 aliphatic heterocycles. The fourth-order valence-corrected chi connectivity index (χ4v) is 4.40. The van der Waals surface area contributed by atoms with E-state index < -0.39 is 10.0 Å². The van der Waals surface area contributed by atoms with Crippen molar-refractivity contribution in [1.29, 1.82) is 0 Å². The summed E-state index contributed by atoms with van der Waals surface area (Å²) in [6, 6.07) is 3.80. The first kappa shape index (κ1) is 18.1. The van der Waals surface area contributed by atoms with Gasteiger partial charge in [-0.3, -0.25) is 0 Å². The van der Waals surface area contributed by atoms with Crippen LogP contribution in [-0.2, 0) is 16.6 Å². The number of rotatable bonds is 8. The molecule has 0 spiro atoms. The summed E-state index contributed by atoms with van der Waals surface area (Å²) >= 11 is 0. The molecule has 1 N–H and O–H groups in total. The fraction of sp³-hybridized carbons (Fsp3) is 0.625. The van der Waals surface area contributed by atoms with Crippen molar-refractivity contribution in [3.8, 4) is 0 Å². The molecule has 0 aliphatic carbocycles. The Morgan fingerprint density at radius 1 is 1.05 bits per heavy atom. The molecule has 21 heavy (non-hydrogen) atoms. The maximum absolute atomic E-state index is 12.9. The summed E-state index contributed by atoms with van der Waals surface area (Å²) in [4.78, 5) is 0.445. The van der Waals surface area contributed by atoms with E-state index in [-0.39, 0.29) is 0 Å². The van der Waals surface area contributed by atoms with E-state index in [1.807, 2.05) is 46.9 Å². The van der Waals surface area contributed by atoms with Crippen LogP contribution in [0.2, 0.25) is 0 Å². The van der Waals surface area contributed by atoms with E-state index in [4.69, 9.17) is 0 Å². The zero-order chi connectivity index (χ0) is 16.0. The Bertz CT molecular complexity index is 562. The summed E-state index contributed by atoms with van der Waals surface area (Å²) < 4.78 is 27.4. The molecule has 5 heteroatoms. The van der Waals surface area contributed by atoms with E-state index in [0.29, 0.717) is 24.5 Å². The fourth-order valence-electron chi connectivity index (χ4n) is 2.52. The van der Waals surface area contributed by atoms with Gasteiger partial charge in [0.1, 0.15) is 0 Å². The molecule has 120 valence electrons. The molecule has 0 fully saturated rings. The van der Waals surface area contributed by atoms with Crippen molar-refractivity contribution in [1.82, 2.24) is 9.62 Å². The average Bonchev–Trinajstić information content (AvgIpc) is 2.41. The minimum Gasteiger partial charge on any atom is -0.316 e. The standard InChI is InChI=1S/C16H28N2O2S/c1-6-8-18(9-7-2)21(19,20)16-11-15(12-17-5)13(3)10-14(16)4/h10-11,17H,6-9,12H2,1-5H3. The van der Waals surface area contributed by atoms with Gasteiger partial charge in [-0.05, 0) is 56.5 Å². The van der Waals surface area contributed by atoms with Crippen LogP contribution in [0.4, 0.5) is 0 Å². The van der Waals surface area contributed by atoms with Crippen LogP contribution in [0.15, 0.2) is 17.0 Å². The molecule has 0 heterocycles. The summed E-state index contributed by atoms with van der Waals surface area (Å²) in [5, 5.41) is 3.09. The molecule has 0 saturated carbocycles. The number of nitrogens with zero attached hydrogens (tertiary/aromatic N) is 1. The molecular weight excluding hydrogens is 284 g/mol. The molecule has 0 saturated heterocycles. The molecule has 0 unspecified atom stereocenters. The van der Waals surface area contributed by atoms with Gasteiger partial charge in [0.05, 0.1) is 4.90 Å². The summed E-state index contributed by atoms with van der Waals surface area (Å²) in [7, 11) is -1.54. The van der Waals surface area contributed by atoms with E-state index in [1.165, 1.54) is 0 Å². The molecule has 4 nitrogen and oxygen atoms in total. The van der Waals surface area contributed by atoms with Crippen LogP contribution < -0.4 is 5.32 Å². The highest BCUT2D eigenvalue weighted by Gasteiger charge is 2.25. The monoisotopic (exact) mass is 312 g/mol. The van der Waals surface area contributed by atoms with Gasteiger partial charge in [-0.2, -0.15) is 4.31 Å². The second-order valence-electron chi connectivity index (χ2n) is 5.48. The van der Waals surface area contributed by atoms with Crippen LogP contribution in [-0.4, -0.2) is 32.9 Å². The second kappa shape index (κ2) is 7.92. The Labute approximate surface area is 129 Å². The number of sulfonamides is 1. The van der Waals surface area contributed by atoms with Crippen LogP contribution >= 0.6 is 0 Å². The first-order chi connectivity index (χ1) is 9.88. The van der Waals surface area contributed by atoms with Gasteiger partial charge in [-0.15, -0.1) is 0 Å². The molecule has 0 atom stereocenters. The number of nitrogens with one attached hydrogen (secondary N) is 1. The zero-order valence-corrected chi connectivity index (χ0v) is 14.7. The first-order valence-electron chi connectivity index (χ1n) is 7.63. The molecule has 0 aromatic heterocycles. The Balaban J connectivity index is 3.31. The molecule has 1 aromatic rings. The number of benzene rings is 1. The lowest BCUT2D eigenvalue weighted by Gasteiger charge is -2.23. The van der Waals surface area contributed by atoms with Crippen molar-refractivity contribution in [2.45, 2.75) is 52.0 Å². The van der Waals surface area contributed by atoms with Gasteiger partial charge in [0.2, 0.25) is 10.0 Å². The molecule has 1 rings (SSSR count). The molecule has 0 amide bonds. The topological polar surface area (TPSA) is 49.4 Å². The summed E-state index contributed by atoms with van der Waals surface area (Å²) in [6.07, 6.45) is 1.65. The van der Waals surface area contributed by atoms with Crippen LogP contribution in [0.1, 0.15) is 43.4 Å². The zero-order valence-electron chi connectivity index (χ0n) is 13.9. The van der Waals surface area contributed by atoms with Crippen LogP contribution in [0.3, 0.4) is 0 Å². The quantitative estimate of drug-likeness (QED) is 0.803. The molecule has 0 bridgehead atoms. The predicted octanol–water partition coefficient (Wildman–Crippen LogP) is 2.83. The van der Waals surface area contributed by atoms with E-state index >= 15 is 0 Å². The summed E-state index contributed by atoms with van der Waals surface area (Å²) in [6.45, 7) is 9.73. The van der Waals surface area contributed by atoms with E-state index in [2.05, 4.69) is 5.32 Å². The van der Waals surface area contributed by atoms with Crippen molar-refractivity contribution < 1.29 is 8.42 Å². The molecular formula is C16H28N2O2S. The largest absolute Gasteiger partial charge is 0.316 e. The minimum atomic E-state index is -3.41. The Kier molecular flexibility index (Phi) is 6.84. The Hall–Kier alpha value is -0.910. The van der Waals surface area contributed by atoms with Gasteiger partial charge in [-0.1, -0.05) is 19.9 Å². The molecule has 0 aliphatic rings. The average molecular weight is 312 g/mol. The van der Waals surface area contributed by atoms with E-state index in [0.717, 1.165) is 29.5 Å². The SMILES string of the molecule is CCCN(CCC)S(=O)(=O)c1cc(CNC)c(C)cc1C. The van der Waals surface area contributed by atoms with Gasteiger partial charge < -0.3 is 5.32 Å². The van der Waals surface area contributed by atoms with Gasteiger partial charge in [0, 0.05) is 19.6 Å². The van der Waals surface area contributed by atoms with Crippen LogP contribution in [0.5, 0.6) is 0 Å². The van der Waals surface area contributed by atoms with Gasteiger partial charge >= 0.3 is 0 Å². The lowest BCUT2D eigenvalue weighted by Crippen LogP contribution is -2.33.